The van der Waals surface area contributed by atoms with Crippen LogP contribution in [0.4, 0.5) is 4.39 Å². The zero-order valence-corrected chi connectivity index (χ0v) is 12.6. The summed E-state index contributed by atoms with van der Waals surface area (Å²) in [4.78, 5) is -1.11. The Bertz CT molecular complexity index is 727. The van der Waals surface area contributed by atoms with Crippen molar-refractivity contribution >= 4 is 20.0 Å². The quantitative estimate of drug-likeness (QED) is 0.797. The summed E-state index contributed by atoms with van der Waals surface area (Å²) in [6.45, 7) is 0.783. The number of sulfonamides is 2. The summed E-state index contributed by atoms with van der Waals surface area (Å²) in [5.74, 6) is -1.18. The maximum Gasteiger partial charge on any atom is 0.243 e. The van der Waals surface area contributed by atoms with Gasteiger partial charge in [-0.25, -0.2) is 31.1 Å². The van der Waals surface area contributed by atoms with Crippen LogP contribution in [0.2, 0.25) is 0 Å². The van der Waals surface area contributed by atoms with E-state index < -0.39 is 41.7 Å². The van der Waals surface area contributed by atoms with Crippen LogP contribution >= 0.6 is 0 Å². The van der Waals surface area contributed by atoms with Crippen LogP contribution < -0.4 is 9.86 Å². The molecule has 21 heavy (non-hydrogen) atoms. The third-order valence-corrected chi connectivity index (χ3v) is 5.47. The van der Waals surface area contributed by atoms with Crippen LogP contribution in [0.3, 0.4) is 0 Å². The van der Waals surface area contributed by atoms with E-state index in [1.165, 1.54) is 0 Å². The first-order chi connectivity index (χ1) is 9.70. The molecule has 0 spiro atoms. The molecule has 0 saturated carbocycles. The maximum atomic E-state index is 13.9. The first kappa shape index (κ1) is 16.3. The molecule has 1 aliphatic heterocycles. The molecule has 1 heterocycles. The van der Waals surface area contributed by atoms with Gasteiger partial charge < -0.3 is 4.74 Å². The fourth-order valence-electron chi connectivity index (χ4n) is 1.99. The van der Waals surface area contributed by atoms with E-state index in [0.29, 0.717) is 25.5 Å². The Labute approximate surface area is 122 Å². The lowest BCUT2D eigenvalue weighted by molar-refractivity contribution is 0.0774. The molecule has 0 aromatic heterocycles. The molecule has 1 aromatic carbocycles. The van der Waals surface area contributed by atoms with Crippen LogP contribution in [0.1, 0.15) is 12.8 Å². The molecule has 3 N–H and O–H groups in total. The topological polar surface area (TPSA) is 116 Å². The van der Waals surface area contributed by atoms with Crippen molar-refractivity contribution in [2.24, 2.45) is 5.14 Å². The van der Waals surface area contributed by atoms with Gasteiger partial charge in [0.2, 0.25) is 20.0 Å². The van der Waals surface area contributed by atoms with E-state index in [9.17, 15) is 21.2 Å². The van der Waals surface area contributed by atoms with Gasteiger partial charge in [-0.15, -0.1) is 0 Å². The molecule has 1 aliphatic rings. The Morgan fingerprint density at radius 2 is 2.00 bits per heavy atom. The highest BCUT2D eigenvalue weighted by molar-refractivity contribution is 7.89. The monoisotopic (exact) mass is 338 g/mol. The highest BCUT2D eigenvalue weighted by Crippen LogP contribution is 2.19. The SMILES string of the molecule is NS(=O)(=O)c1ccc(S(=O)(=O)NC2CCCOC2)c(F)c1. The van der Waals surface area contributed by atoms with E-state index >= 15 is 0 Å². The van der Waals surface area contributed by atoms with Crippen molar-refractivity contribution in [1.82, 2.24) is 4.72 Å². The third kappa shape index (κ3) is 3.98. The van der Waals surface area contributed by atoms with Crippen molar-refractivity contribution < 1.29 is 26.0 Å². The Hall–Kier alpha value is -1.07. The van der Waals surface area contributed by atoms with Crippen LogP contribution in [0.25, 0.3) is 0 Å². The van der Waals surface area contributed by atoms with Gasteiger partial charge in [-0.2, -0.15) is 0 Å². The van der Waals surface area contributed by atoms with Crippen molar-refractivity contribution in [2.75, 3.05) is 13.2 Å². The van der Waals surface area contributed by atoms with E-state index in [-0.39, 0.29) is 6.61 Å². The van der Waals surface area contributed by atoms with Gasteiger partial charge in [0.15, 0.2) is 0 Å². The molecule has 0 amide bonds. The van der Waals surface area contributed by atoms with Crippen LogP contribution in [0.15, 0.2) is 28.0 Å². The molecular formula is C11H15FN2O5S2. The molecule has 1 aromatic rings. The van der Waals surface area contributed by atoms with Crippen molar-refractivity contribution in [3.05, 3.63) is 24.0 Å². The lowest BCUT2D eigenvalue weighted by Crippen LogP contribution is -2.40. The number of halogens is 1. The Morgan fingerprint density at radius 3 is 2.52 bits per heavy atom. The molecule has 0 bridgehead atoms. The fourth-order valence-corrected chi connectivity index (χ4v) is 3.83. The van der Waals surface area contributed by atoms with Crippen LogP contribution in [-0.4, -0.2) is 36.1 Å². The number of ether oxygens (including phenoxy) is 1. The number of rotatable bonds is 4. The predicted molar refractivity (Wildman–Crippen MR) is 71.9 cm³/mol. The number of nitrogens with two attached hydrogens (primary N) is 1. The van der Waals surface area contributed by atoms with E-state index in [4.69, 9.17) is 9.88 Å². The van der Waals surface area contributed by atoms with E-state index in [2.05, 4.69) is 4.72 Å². The minimum Gasteiger partial charge on any atom is -0.380 e. The van der Waals surface area contributed by atoms with Gasteiger partial charge in [0.1, 0.15) is 10.7 Å². The smallest absolute Gasteiger partial charge is 0.243 e. The number of primary sulfonamides is 1. The van der Waals surface area contributed by atoms with E-state index in [0.717, 1.165) is 12.1 Å². The summed E-state index contributed by atoms with van der Waals surface area (Å²) in [7, 11) is -8.18. The molecule has 118 valence electrons. The lowest BCUT2D eigenvalue weighted by Gasteiger charge is -2.23. The molecule has 0 radical (unpaired) electrons. The average Bonchev–Trinajstić information content (AvgIpc) is 2.37. The van der Waals surface area contributed by atoms with Gasteiger partial charge in [-0.3, -0.25) is 0 Å². The van der Waals surface area contributed by atoms with Gasteiger partial charge in [0.05, 0.1) is 11.5 Å². The summed E-state index contributed by atoms with van der Waals surface area (Å²) in [6, 6.07) is 1.98. The van der Waals surface area contributed by atoms with Crippen LogP contribution in [0.5, 0.6) is 0 Å². The summed E-state index contributed by atoms with van der Waals surface area (Å²) in [5, 5.41) is 4.86. The Balaban J connectivity index is 2.28. The first-order valence-electron chi connectivity index (χ1n) is 6.12. The molecule has 0 aliphatic carbocycles. The third-order valence-electron chi connectivity index (χ3n) is 3.00. The van der Waals surface area contributed by atoms with Crippen LogP contribution in [0, 0.1) is 5.82 Å². The van der Waals surface area contributed by atoms with Crippen LogP contribution in [-0.2, 0) is 24.8 Å². The van der Waals surface area contributed by atoms with Crippen molar-refractivity contribution in [3.63, 3.8) is 0 Å². The van der Waals surface area contributed by atoms with Crippen molar-refractivity contribution in [1.29, 1.82) is 0 Å². The summed E-state index contributed by atoms with van der Waals surface area (Å²) in [6.07, 6.45) is 1.30. The normalized spacial score (nSPS) is 20.4. The average molecular weight is 338 g/mol. The molecule has 1 atom stereocenters. The lowest BCUT2D eigenvalue weighted by atomic mass is 10.1. The fraction of sp³-hybridized carbons (Fsp3) is 0.455. The largest absolute Gasteiger partial charge is 0.380 e. The molecule has 7 nitrogen and oxygen atoms in total. The van der Waals surface area contributed by atoms with E-state index in [1.54, 1.807) is 0 Å². The van der Waals surface area contributed by atoms with E-state index in [1.807, 2.05) is 0 Å². The second-order valence-electron chi connectivity index (χ2n) is 4.67. The van der Waals surface area contributed by atoms with Gasteiger partial charge in [0.25, 0.3) is 0 Å². The molecule has 1 fully saturated rings. The maximum absolute atomic E-state index is 13.9. The highest BCUT2D eigenvalue weighted by atomic mass is 32.2. The number of hydrogen-bond donors (Lipinski definition) is 2. The first-order valence-corrected chi connectivity index (χ1v) is 9.15. The molecular weight excluding hydrogens is 323 g/mol. The highest BCUT2D eigenvalue weighted by Gasteiger charge is 2.25. The Morgan fingerprint density at radius 1 is 1.29 bits per heavy atom. The second kappa shape index (κ2) is 5.97. The van der Waals surface area contributed by atoms with Gasteiger partial charge in [-0.05, 0) is 31.0 Å². The zero-order valence-electron chi connectivity index (χ0n) is 11.0. The molecule has 1 saturated heterocycles. The summed E-state index contributed by atoms with van der Waals surface area (Å²) < 4.78 is 67.7. The number of hydrogen-bond acceptors (Lipinski definition) is 5. The minimum atomic E-state index is -4.09. The predicted octanol–water partition coefficient (Wildman–Crippen LogP) is -0.0696. The number of benzene rings is 1. The van der Waals surface area contributed by atoms with Crippen molar-refractivity contribution in [2.45, 2.75) is 28.7 Å². The standard InChI is InChI=1S/C11H15FN2O5S2/c12-10-6-9(20(13,15)16)3-4-11(10)21(17,18)14-8-2-1-5-19-7-8/h3-4,6,8,14H,1-2,5,7H2,(H2,13,15,16). The van der Waals surface area contributed by atoms with Gasteiger partial charge in [-0.1, -0.05) is 0 Å². The Kier molecular flexibility index (Phi) is 4.63. The molecule has 2 rings (SSSR count). The number of nitrogens with one attached hydrogen (secondary N) is 1. The summed E-state index contributed by atoms with van der Waals surface area (Å²) >= 11 is 0. The van der Waals surface area contributed by atoms with Crippen molar-refractivity contribution in [3.8, 4) is 0 Å². The minimum absolute atomic E-state index is 0.218. The van der Waals surface area contributed by atoms with Gasteiger partial charge in [0, 0.05) is 12.6 Å². The zero-order chi connectivity index (χ0) is 15.7. The second-order valence-corrected chi connectivity index (χ2v) is 7.92. The molecule has 1 unspecified atom stereocenters. The molecule has 10 heteroatoms. The summed E-state index contributed by atoms with van der Waals surface area (Å²) in [5.41, 5.74) is 0. The van der Waals surface area contributed by atoms with Gasteiger partial charge >= 0.3 is 0 Å².